The third kappa shape index (κ3) is 4.78. The molecule has 0 aliphatic carbocycles. The number of nitriles is 1. The van der Waals surface area contributed by atoms with Crippen LogP contribution in [0.2, 0.25) is 5.02 Å². The molecule has 1 N–H and O–H groups in total. The molecule has 0 bridgehead atoms. The number of carbonyl (C=O) groups is 1. The van der Waals surface area contributed by atoms with Crippen molar-refractivity contribution in [3.8, 4) is 17.6 Å². The van der Waals surface area contributed by atoms with Gasteiger partial charge in [-0.05, 0) is 24.3 Å². The number of nitrogens with zero attached hydrogens (tertiary/aromatic N) is 4. The summed E-state index contributed by atoms with van der Waals surface area (Å²) >= 11 is 5.83. The molecule has 0 amide bonds. The maximum atomic E-state index is 13.4. The smallest absolute Gasteiger partial charge is 0.437 e. The Morgan fingerprint density at radius 3 is 2.65 bits per heavy atom. The Balaban J connectivity index is 2.10. The first-order valence-corrected chi connectivity index (χ1v) is 8.59. The zero-order valence-electron chi connectivity index (χ0n) is 15.1. The van der Waals surface area contributed by atoms with E-state index in [2.05, 4.69) is 10.1 Å². The highest BCUT2D eigenvalue weighted by atomic mass is 35.5. The molecule has 0 spiro atoms. The molecule has 0 saturated carbocycles. The summed E-state index contributed by atoms with van der Waals surface area (Å²) < 4.78 is 46.1. The number of nitrogens with one attached hydrogen (secondary N) is 1. The Bertz CT molecular complexity index is 1330. The monoisotopic (exact) mass is 451 g/mol. The SMILES string of the molecule is N#Cc1cc(Cl)cc(Oc2c(C(F)(F)F)ncn(Cc3cc(C=O)c(=O)[nH]n3)c2=O)c1. The van der Waals surface area contributed by atoms with Gasteiger partial charge < -0.3 is 4.74 Å². The minimum Gasteiger partial charge on any atom is -0.449 e. The van der Waals surface area contributed by atoms with Crippen molar-refractivity contribution >= 4 is 17.9 Å². The highest BCUT2D eigenvalue weighted by molar-refractivity contribution is 6.30. The van der Waals surface area contributed by atoms with Crippen molar-refractivity contribution in [2.24, 2.45) is 0 Å². The number of benzene rings is 1. The van der Waals surface area contributed by atoms with Crippen molar-refractivity contribution in [2.45, 2.75) is 12.7 Å². The zero-order chi connectivity index (χ0) is 22.8. The number of hydrogen-bond acceptors (Lipinski definition) is 7. The molecule has 13 heteroatoms. The van der Waals surface area contributed by atoms with Crippen LogP contribution in [-0.4, -0.2) is 26.0 Å². The first kappa shape index (κ1) is 21.7. The summed E-state index contributed by atoms with van der Waals surface area (Å²) in [4.78, 5) is 38.3. The summed E-state index contributed by atoms with van der Waals surface area (Å²) in [5.74, 6) is -1.43. The molecule has 2 aromatic heterocycles. The fourth-order valence-electron chi connectivity index (χ4n) is 2.49. The lowest BCUT2D eigenvalue weighted by molar-refractivity contribution is -0.142. The largest absolute Gasteiger partial charge is 0.449 e. The molecular formula is C18H9ClF3N5O4. The van der Waals surface area contributed by atoms with Gasteiger partial charge in [0.25, 0.3) is 11.1 Å². The highest BCUT2D eigenvalue weighted by Gasteiger charge is 2.38. The molecular weight excluding hydrogens is 443 g/mol. The Kier molecular flexibility index (Phi) is 5.89. The van der Waals surface area contributed by atoms with E-state index in [1.54, 1.807) is 6.07 Å². The van der Waals surface area contributed by atoms with Crippen molar-refractivity contribution < 1.29 is 22.7 Å². The highest BCUT2D eigenvalue weighted by Crippen LogP contribution is 2.35. The van der Waals surface area contributed by atoms with Crippen LogP contribution in [0.25, 0.3) is 0 Å². The molecule has 3 rings (SSSR count). The Morgan fingerprint density at radius 1 is 1.26 bits per heavy atom. The van der Waals surface area contributed by atoms with Gasteiger partial charge in [-0.2, -0.15) is 23.5 Å². The van der Waals surface area contributed by atoms with E-state index in [1.807, 2.05) is 5.10 Å². The van der Waals surface area contributed by atoms with E-state index in [0.29, 0.717) is 6.33 Å². The third-order valence-corrected chi connectivity index (χ3v) is 4.05. The van der Waals surface area contributed by atoms with Crippen molar-refractivity contribution in [3.63, 3.8) is 0 Å². The maximum absolute atomic E-state index is 13.4. The van der Waals surface area contributed by atoms with Gasteiger partial charge >= 0.3 is 6.18 Å². The van der Waals surface area contributed by atoms with Crippen LogP contribution in [0.4, 0.5) is 13.2 Å². The molecule has 9 nitrogen and oxygen atoms in total. The summed E-state index contributed by atoms with van der Waals surface area (Å²) in [5.41, 5.74) is -3.85. The molecule has 0 aliphatic heterocycles. The number of aromatic amines is 1. The van der Waals surface area contributed by atoms with Gasteiger partial charge in [0.1, 0.15) is 5.75 Å². The first-order chi connectivity index (χ1) is 14.6. The average molecular weight is 452 g/mol. The second-order valence-corrected chi connectivity index (χ2v) is 6.44. The van der Waals surface area contributed by atoms with E-state index in [1.165, 1.54) is 6.07 Å². The van der Waals surface area contributed by atoms with Gasteiger partial charge in [0.05, 0.1) is 35.8 Å². The van der Waals surface area contributed by atoms with Crippen molar-refractivity contribution in [3.05, 3.63) is 78.8 Å². The molecule has 0 fully saturated rings. The van der Waals surface area contributed by atoms with Crippen LogP contribution in [0.1, 0.15) is 27.3 Å². The van der Waals surface area contributed by atoms with Gasteiger partial charge in [0, 0.05) is 5.02 Å². The fourth-order valence-corrected chi connectivity index (χ4v) is 2.71. The molecule has 0 saturated heterocycles. The number of aldehydes is 1. The van der Waals surface area contributed by atoms with Crippen molar-refractivity contribution in [1.29, 1.82) is 5.26 Å². The van der Waals surface area contributed by atoms with E-state index in [4.69, 9.17) is 21.6 Å². The van der Waals surface area contributed by atoms with Crippen molar-refractivity contribution in [2.75, 3.05) is 0 Å². The van der Waals surface area contributed by atoms with Gasteiger partial charge in [-0.1, -0.05) is 11.6 Å². The Morgan fingerprint density at radius 2 is 2.00 bits per heavy atom. The Labute approximate surface area is 175 Å². The second kappa shape index (κ2) is 8.41. The normalized spacial score (nSPS) is 11.1. The minimum atomic E-state index is -5.02. The molecule has 3 aromatic rings. The summed E-state index contributed by atoms with van der Waals surface area (Å²) in [7, 11) is 0. The van der Waals surface area contributed by atoms with E-state index in [-0.39, 0.29) is 33.9 Å². The molecule has 1 aromatic carbocycles. The van der Waals surface area contributed by atoms with E-state index < -0.39 is 35.3 Å². The zero-order valence-corrected chi connectivity index (χ0v) is 15.9. The van der Waals surface area contributed by atoms with Crippen LogP contribution >= 0.6 is 11.6 Å². The summed E-state index contributed by atoms with van der Waals surface area (Å²) in [5, 5.41) is 14.7. The fraction of sp³-hybridized carbons (Fsp3) is 0.111. The first-order valence-electron chi connectivity index (χ1n) is 8.21. The van der Waals surface area contributed by atoms with E-state index in [0.717, 1.165) is 22.8 Å². The number of ether oxygens (including phenoxy) is 1. The van der Waals surface area contributed by atoms with E-state index in [9.17, 15) is 27.6 Å². The molecule has 0 atom stereocenters. The Hall–Kier alpha value is -3.98. The molecule has 0 aliphatic rings. The quantitative estimate of drug-likeness (QED) is 0.590. The number of H-pyrrole nitrogens is 1. The van der Waals surface area contributed by atoms with Crippen LogP contribution in [0, 0.1) is 11.3 Å². The number of halogens is 4. The predicted molar refractivity (Wildman–Crippen MR) is 99.1 cm³/mol. The van der Waals surface area contributed by atoms with Crippen LogP contribution in [0.3, 0.4) is 0 Å². The number of carbonyl (C=O) groups excluding carboxylic acids is 1. The lowest BCUT2D eigenvalue weighted by Crippen LogP contribution is -2.27. The van der Waals surface area contributed by atoms with Gasteiger partial charge in [-0.3, -0.25) is 19.0 Å². The van der Waals surface area contributed by atoms with E-state index >= 15 is 0 Å². The van der Waals surface area contributed by atoms with Crippen LogP contribution in [-0.2, 0) is 12.7 Å². The lowest BCUT2D eigenvalue weighted by atomic mass is 10.2. The maximum Gasteiger partial charge on any atom is 0.437 e. The van der Waals surface area contributed by atoms with Crippen LogP contribution in [0.5, 0.6) is 11.5 Å². The molecule has 2 heterocycles. The molecule has 0 radical (unpaired) electrons. The number of hydrogen-bond donors (Lipinski definition) is 1. The lowest BCUT2D eigenvalue weighted by Gasteiger charge is -2.14. The number of rotatable bonds is 5. The molecule has 31 heavy (non-hydrogen) atoms. The second-order valence-electron chi connectivity index (χ2n) is 6.00. The summed E-state index contributed by atoms with van der Waals surface area (Å²) in [6.07, 6.45) is -4.13. The van der Waals surface area contributed by atoms with Crippen LogP contribution < -0.4 is 15.9 Å². The van der Waals surface area contributed by atoms with Gasteiger partial charge in [0.2, 0.25) is 5.75 Å². The minimum absolute atomic E-state index is 0.000827. The summed E-state index contributed by atoms with van der Waals surface area (Å²) in [6, 6.07) is 6.32. The van der Waals surface area contributed by atoms with Crippen LogP contribution in [0.15, 0.2) is 40.2 Å². The average Bonchev–Trinajstić information content (AvgIpc) is 2.70. The molecule has 158 valence electrons. The topological polar surface area (TPSA) is 131 Å². The number of alkyl halides is 3. The summed E-state index contributed by atoms with van der Waals surface area (Å²) in [6.45, 7) is -0.420. The van der Waals surface area contributed by atoms with Gasteiger partial charge in [-0.25, -0.2) is 10.1 Å². The predicted octanol–water partition coefficient (Wildman–Crippen LogP) is 2.52. The van der Waals surface area contributed by atoms with Gasteiger partial charge in [0.15, 0.2) is 12.0 Å². The molecule has 0 unspecified atom stereocenters. The number of aromatic nitrogens is 4. The van der Waals surface area contributed by atoms with Crippen molar-refractivity contribution in [1.82, 2.24) is 19.7 Å². The standard InChI is InChI=1S/C18H9ClF3N5O4/c19-11-1-9(5-23)2-13(4-11)31-14-15(18(20,21)22)24-8-27(17(14)30)6-12-3-10(7-28)16(29)26-25-12/h1-4,7-8H,6H2,(H,26,29). The van der Waals surface area contributed by atoms with Gasteiger partial charge in [-0.15, -0.1) is 0 Å². The third-order valence-electron chi connectivity index (χ3n) is 3.83.